The lowest BCUT2D eigenvalue weighted by molar-refractivity contribution is 0.0943. The molecule has 3 rings (SSSR count). The summed E-state index contributed by atoms with van der Waals surface area (Å²) in [6.07, 6.45) is 0.991. The highest BCUT2D eigenvalue weighted by molar-refractivity contribution is 7.89. The summed E-state index contributed by atoms with van der Waals surface area (Å²) in [5, 5.41) is 5.05. The molecular weight excluding hydrogens is 456 g/mol. The van der Waals surface area contributed by atoms with Gasteiger partial charge >= 0.3 is 0 Å². The van der Waals surface area contributed by atoms with Crippen LogP contribution in [0.3, 0.4) is 0 Å². The summed E-state index contributed by atoms with van der Waals surface area (Å²) in [5.41, 5.74) is 2.46. The van der Waals surface area contributed by atoms with Crippen LogP contribution in [-0.4, -0.2) is 39.8 Å². The fraction of sp³-hybridized carbons (Fsp3) is 0.320. The molecule has 33 heavy (non-hydrogen) atoms. The van der Waals surface area contributed by atoms with Gasteiger partial charge in [0.2, 0.25) is 10.0 Å². The van der Waals surface area contributed by atoms with Gasteiger partial charge in [-0.15, -0.1) is 11.3 Å². The van der Waals surface area contributed by atoms with Gasteiger partial charge in [0, 0.05) is 24.5 Å². The lowest BCUT2D eigenvalue weighted by atomic mass is 9.98. The van der Waals surface area contributed by atoms with E-state index in [4.69, 9.17) is 4.74 Å². The van der Waals surface area contributed by atoms with Crippen molar-refractivity contribution in [1.29, 1.82) is 0 Å². The molecule has 0 fully saturated rings. The third kappa shape index (κ3) is 5.82. The Hall–Kier alpha value is -2.68. The van der Waals surface area contributed by atoms with E-state index >= 15 is 0 Å². The molecule has 3 aromatic rings. The Morgan fingerprint density at radius 1 is 1.09 bits per heavy atom. The lowest BCUT2D eigenvalue weighted by Crippen LogP contribution is -2.29. The molecule has 0 spiro atoms. The van der Waals surface area contributed by atoms with E-state index in [1.54, 1.807) is 17.4 Å². The number of carbonyl (C=O) groups is 1. The SMILES string of the molecule is COc1ccc(C(=O)NC(c2ccc(CC(C)C)cc2)c2cccs2)cc1S(=O)(=O)N(C)C. The van der Waals surface area contributed by atoms with Crippen molar-refractivity contribution in [3.63, 3.8) is 0 Å². The van der Waals surface area contributed by atoms with Gasteiger partial charge in [-0.05, 0) is 53.1 Å². The van der Waals surface area contributed by atoms with E-state index < -0.39 is 10.0 Å². The van der Waals surface area contributed by atoms with Crippen molar-refractivity contribution in [3.05, 3.63) is 81.5 Å². The molecule has 1 aromatic heterocycles. The minimum Gasteiger partial charge on any atom is -0.495 e. The molecule has 6 nitrogen and oxygen atoms in total. The summed E-state index contributed by atoms with van der Waals surface area (Å²) in [6, 6.07) is 16.3. The van der Waals surface area contributed by atoms with Gasteiger partial charge in [0.25, 0.3) is 5.91 Å². The molecule has 0 aliphatic carbocycles. The molecule has 1 N–H and O–H groups in total. The molecule has 1 unspecified atom stereocenters. The molecule has 1 heterocycles. The van der Waals surface area contributed by atoms with E-state index in [0.29, 0.717) is 5.92 Å². The standard InChI is InChI=1S/C25H30N2O4S2/c1-17(2)15-18-8-10-19(11-9-18)24(22-7-6-14-32-22)26-25(28)20-12-13-21(31-5)23(16-20)33(29,30)27(3)4/h6-14,16-17,24H,15H2,1-5H3,(H,26,28). The predicted molar refractivity (Wildman–Crippen MR) is 132 cm³/mol. The van der Waals surface area contributed by atoms with Crippen molar-refractivity contribution < 1.29 is 17.9 Å². The zero-order chi connectivity index (χ0) is 24.2. The molecular formula is C25H30N2O4S2. The Bertz CT molecular complexity index is 1190. The van der Waals surface area contributed by atoms with Crippen LogP contribution in [0.5, 0.6) is 5.75 Å². The van der Waals surface area contributed by atoms with Crippen LogP contribution in [0.1, 0.15) is 46.3 Å². The van der Waals surface area contributed by atoms with Crippen molar-refractivity contribution in [3.8, 4) is 5.75 Å². The zero-order valence-electron chi connectivity index (χ0n) is 19.5. The van der Waals surface area contributed by atoms with Crippen LogP contribution in [0.15, 0.2) is 64.9 Å². The molecule has 1 atom stereocenters. The number of carbonyl (C=O) groups excluding carboxylic acids is 1. The topological polar surface area (TPSA) is 75.7 Å². The summed E-state index contributed by atoms with van der Waals surface area (Å²) in [4.78, 5) is 14.2. The third-order valence-corrected chi connectivity index (χ3v) is 8.02. The van der Waals surface area contributed by atoms with Crippen LogP contribution < -0.4 is 10.1 Å². The third-order valence-electron chi connectivity index (χ3n) is 5.24. The highest BCUT2D eigenvalue weighted by Gasteiger charge is 2.25. The Morgan fingerprint density at radius 3 is 2.33 bits per heavy atom. The quantitative estimate of drug-likeness (QED) is 0.475. The van der Waals surface area contributed by atoms with Gasteiger partial charge in [-0.2, -0.15) is 0 Å². The number of hydrogen-bond donors (Lipinski definition) is 1. The fourth-order valence-corrected chi connectivity index (χ4v) is 5.40. The maximum atomic E-state index is 13.2. The summed E-state index contributed by atoms with van der Waals surface area (Å²) in [7, 11) is 0.502. The molecule has 1 amide bonds. The van der Waals surface area contributed by atoms with Crippen LogP contribution in [0.2, 0.25) is 0 Å². The average molecular weight is 487 g/mol. The summed E-state index contributed by atoms with van der Waals surface area (Å²) in [5.74, 6) is 0.389. The number of nitrogens with zero attached hydrogens (tertiary/aromatic N) is 1. The van der Waals surface area contributed by atoms with Crippen molar-refractivity contribution in [2.45, 2.75) is 31.2 Å². The number of hydrogen-bond acceptors (Lipinski definition) is 5. The number of sulfonamides is 1. The second-order valence-corrected chi connectivity index (χ2v) is 11.5. The van der Waals surface area contributed by atoms with Crippen LogP contribution in [-0.2, 0) is 16.4 Å². The van der Waals surface area contributed by atoms with E-state index in [2.05, 4.69) is 31.3 Å². The largest absolute Gasteiger partial charge is 0.495 e. The van der Waals surface area contributed by atoms with Gasteiger partial charge in [0.15, 0.2) is 0 Å². The highest BCUT2D eigenvalue weighted by Crippen LogP contribution is 2.29. The van der Waals surface area contributed by atoms with Crippen LogP contribution in [0, 0.1) is 5.92 Å². The molecule has 2 aromatic carbocycles. The number of nitrogens with one attached hydrogen (secondary N) is 1. The van der Waals surface area contributed by atoms with Crippen LogP contribution >= 0.6 is 11.3 Å². The molecule has 0 aliphatic rings. The van der Waals surface area contributed by atoms with Gasteiger partial charge in [0.05, 0.1) is 13.2 Å². The Balaban J connectivity index is 1.94. The Labute approximate surface area is 200 Å². The minimum absolute atomic E-state index is 0.0478. The fourth-order valence-electron chi connectivity index (χ4n) is 3.52. The molecule has 8 heteroatoms. The monoisotopic (exact) mass is 486 g/mol. The number of thiophene rings is 1. The lowest BCUT2D eigenvalue weighted by Gasteiger charge is -2.20. The number of benzene rings is 2. The molecule has 0 saturated carbocycles. The first kappa shape index (κ1) is 25.0. The van der Waals surface area contributed by atoms with Gasteiger partial charge in [0.1, 0.15) is 10.6 Å². The summed E-state index contributed by atoms with van der Waals surface area (Å²) < 4.78 is 31.8. The minimum atomic E-state index is -3.78. The van der Waals surface area contributed by atoms with E-state index in [-0.39, 0.29) is 28.2 Å². The van der Waals surface area contributed by atoms with Crippen molar-refractivity contribution >= 4 is 27.3 Å². The number of methoxy groups -OCH3 is 1. The van der Waals surface area contributed by atoms with Crippen LogP contribution in [0.4, 0.5) is 0 Å². The molecule has 0 radical (unpaired) electrons. The van der Waals surface area contributed by atoms with E-state index in [1.165, 1.54) is 38.9 Å². The summed E-state index contributed by atoms with van der Waals surface area (Å²) >= 11 is 1.56. The number of amides is 1. The second kappa shape index (κ2) is 10.5. The number of ether oxygens (including phenoxy) is 1. The predicted octanol–water partition coefficient (Wildman–Crippen LogP) is 4.72. The Morgan fingerprint density at radius 2 is 1.79 bits per heavy atom. The second-order valence-electron chi connectivity index (χ2n) is 8.41. The number of rotatable bonds is 9. The van der Waals surface area contributed by atoms with Gasteiger partial charge in [-0.1, -0.05) is 44.2 Å². The molecule has 176 valence electrons. The molecule has 0 saturated heterocycles. The normalized spacial score (nSPS) is 12.7. The smallest absolute Gasteiger partial charge is 0.252 e. The van der Waals surface area contributed by atoms with Gasteiger partial charge in [-0.3, -0.25) is 4.79 Å². The highest BCUT2D eigenvalue weighted by atomic mass is 32.2. The first-order valence-electron chi connectivity index (χ1n) is 10.7. The maximum absolute atomic E-state index is 13.2. The zero-order valence-corrected chi connectivity index (χ0v) is 21.2. The van der Waals surface area contributed by atoms with Crippen molar-refractivity contribution in [2.75, 3.05) is 21.2 Å². The average Bonchev–Trinajstić information content (AvgIpc) is 3.31. The van der Waals surface area contributed by atoms with Crippen molar-refractivity contribution in [2.24, 2.45) is 5.92 Å². The van der Waals surface area contributed by atoms with E-state index in [0.717, 1.165) is 21.2 Å². The maximum Gasteiger partial charge on any atom is 0.252 e. The van der Waals surface area contributed by atoms with Crippen LogP contribution in [0.25, 0.3) is 0 Å². The Kier molecular flexibility index (Phi) is 7.94. The first-order valence-corrected chi connectivity index (χ1v) is 13.0. The molecule has 0 bridgehead atoms. The van der Waals surface area contributed by atoms with E-state index in [1.807, 2.05) is 29.6 Å². The summed E-state index contributed by atoms with van der Waals surface area (Å²) in [6.45, 7) is 4.37. The van der Waals surface area contributed by atoms with E-state index in [9.17, 15) is 13.2 Å². The van der Waals surface area contributed by atoms with Gasteiger partial charge < -0.3 is 10.1 Å². The van der Waals surface area contributed by atoms with Crippen molar-refractivity contribution in [1.82, 2.24) is 9.62 Å². The van der Waals surface area contributed by atoms with Gasteiger partial charge in [-0.25, -0.2) is 12.7 Å². The first-order chi connectivity index (χ1) is 15.6. The molecule has 0 aliphatic heterocycles.